The van der Waals surface area contributed by atoms with Crippen LogP contribution in [0.2, 0.25) is 0 Å². The number of anilines is 1. The number of rotatable bonds is 7. The molecule has 1 aromatic heterocycles. The van der Waals surface area contributed by atoms with Crippen molar-refractivity contribution in [2.75, 3.05) is 18.5 Å². The van der Waals surface area contributed by atoms with E-state index >= 15 is 0 Å². The van der Waals surface area contributed by atoms with E-state index in [-0.39, 0.29) is 0 Å². The first-order valence-corrected chi connectivity index (χ1v) is 6.98. The van der Waals surface area contributed by atoms with Gasteiger partial charge >= 0.3 is 0 Å². The van der Waals surface area contributed by atoms with Gasteiger partial charge < -0.3 is 19.4 Å². The molecule has 4 heteroatoms. The van der Waals surface area contributed by atoms with Gasteiger partial charge in [0, 0.05) is 30.7 Å². The van der Waals surface area contributed by atoms with E-state index < -0.39 is 0 Å². The minimum atomic E-state index is 0.626. The summed E-state index contributed by atoms with van der Waals surface area (Å²) in [6.45, 7) is 5.98. The summed E-state index contributed by atoms with van der Waals surface area (Å²) in [7, 11) is 2.04. The first-order chi connectivity index (χ1) is 9.74. The van der Waals surface area contributed by atoms with Crippen LogP contribution >= 0.6 is 0 Å². The molecule has 0 bridgehead atoms. The van der Waals surface area contributed by atoms with E-state index in [0.717, 1.165) is 23.7 Å². The number of ether oxygens (including phenoxy) is 2. The Morgan fingerprint density at radius 3 is 2.45 bits per heavy atom. The monoisotopic (exact) mass is 274 g/mol. The predicted octanol–water partition coefficient (Wildman–Crippen LogP) is 3.43. The van der Waals surface area contributed by atoms with Gasteiger partial charge in [0.15, 0.2) is 11.5 Å². The number of benzene rings is 1. The Hall–Kier alpha value is -2.10. The van der Waals surface area contributed by atoms with Crippen LogP contribution in [0.1, 0.15) is 19.5 Å². The molecule has 20 heavy (non-hydrogen) atoms. The number of aryl methyl sites for hydroxylation is 1. The van der Waals surface area contributed by atoms with Crippen molar-refractivity contribution in [1.82, 2.24) is 4.57 Å². The van der Waals surface area contributed by atoms with E-state index in [4.69, 9.17) is 9.47 Å². The van der Waals surface area contributed by atoms with Crippen LogP contribution in [0.25, 0.3) is 0 Å². The molecule has 1 aromatic carbocycles. The van der Waals surface area contributed by atoms with Crippen molar-refractivity contribution in [1.29, 1.82) is 0 Å². The van der Waals surface area contributed by atoms with E-state index in [1.54, 1.807) is 0 Å². The van der Waals surface area contributed by atoms with E-state index in [2.05, 4.69) is 16.0 Å². The summed E-state index contributed by atoms with van der Waals surface area (Å²) in [4.78, 5) is 0. The molecule has 0 fully saturated rings. The second kappa shape index (κ2) is 6.89. The van der Waals surface area contributed by atoms with Crippen LogP contribution in [0.15, 0.2) is 36.5 Å². The number of nitrogens with one attached hydrogen (secondary N) is 1. The predicted molar refractivity (Wildman–Crippen MR) is 81.5 cm³/mol. The second-order valence-electron chi connectivity index (χ2n) is 4.49. The molecule has 0 aliphatic heterocycles. The normalized spacial score (nSPS) is 10.3. The van der Waals surface area contributed by atoms with E-state index in [0.29, 0.717) is 13.2 Å². The molecule has 1 heterocycles. The molecule has 0 unspecified atom stereocenters. The molecule has 108 valence electrons. The van der Waals surface area contributed by atoms with Gasteiger partial charge in [0.2, 0.25) is 0 Å². The highest BCUT2D eigenvalue weighted by Gasteiger charge is 2.06. The molecular weight excluding hydrogens is 252 g/mol. The van der Waals surface area contributed by atoms with Crippen LogP contribution in [0, 0.1) is 0 Å². The smallest absolute Gasteiger partial charge is 0.163 e. The lowest BCUT2D eigenvalue weighted by atomic mass is 10.2. The summed E-state index contributed by atoms with van der Waals surface area (Å²) < 4.78 is 13.3. The fourth-order valence-electron chi connectivity index (χ4n) is 2.03. The van der Waals surface area contributed by atoms with Crippen LogP contribution in [-0.2, 0) is 13.6 Å². The van der Waals surface area contributed by atoms with Gasteiger partial charge in [-0.15, -0.1) is 0 Å². The quantitative estimate of drug-likeness (QED) is 0.840. The molecule has 0 saturated heterocycles. The fourth-order valence-corrected chi connectivity index (χ4v) is 2.03. The highest BCUT2D eigenvalue weighted by molar-refractivity contribution is 5.54. The van der Waals surface area contributed by atoms with Gasteiger partial charge in [0.05, 0.1) is 19.8 Å². The van der Waals surface area contributed by atoms with Crippen molar-refractivity contribution >= 4 is 5.69 Å². The van der Waals surface area contributed by atoms with Gasteiger partial charge in [-0.05, 0) is 38.1 Å². The van der Waals surface area contributed by atoms with Crippen LogP contribution in [0.4, 0.5) is 5.69 Å². The molecule has 1 N–H and O–H groups in total. The molecule has 0 spiro atoms. The number of hydrogen-bond acceptors (Lipinski definition) is 3. The Kier molecular flexibility index (Phi) is 4.93. The lowest BCUT2D eigenvalue weighted by Gasteiger charge is -2.13. The summed E-state index contributed by atoms with van der Waals surface area (Å²) >= 11 is 0. The molecule has 0 atom stereocenters. The second-order valence-corrected chi connectivity index (χ2v) is 4.49. The minimum Gasteiger partial charge on any atom is -0.490 e. The summed E-state index contributed by atoms with van der Waals surface area (Å²) in [5.74, 6) is 1.57. The molecule has 4 nitrogen and oxygen atoms in total. The molecule has 0 aliphatic carbocycles. The van der Waals surface area contributed by atoms with Crippen molar-refractivity contribution < 1.29 is 9.47 Å². The topological polar surface area (TPSA) is 35.4 Å². The van der Waals surface area contributed by atoms with Crippen molar-refractivity contribution in [2.24, 2.45) is 7.05 Å². The van der Waals surface area contributed by atoms with Crippen LogP contribution in [0.3, 0.4) is 0 Å². The molecule has 0 radical (unpaired) electrons. The Labute approximate surface area is 120 Å². The fraction of sp³-hybridized carbons (Fsp3) is 0.375. The minimum absolute atomic E-state index is 0.626. The third kappa shape index (κ3) is 3.47. The maximum absolute atomic E-state index is 5.62. The lowest BCUT2D eigenvalue weighted by molar-refractivity contribution is 0.288. The van der Waals surface area contributed by atoms with Gasteiger partial charge in [0.25, 0.3) is 0 Å². The van der Waals surface area contributed by atoms with Crippen molar-refractivity contribution in [3.63, 3.8) is 0 Å². The Balaban J connectivity index is 2.08. The third-order valence-corrected chi connectivity index (χ3v) is 3.07. The van der Waals surface area contributed by atoms with Gasteiger partial charge in [-0.2, -0.15) is 0 Å². The Morgan fingerprint density at radius 1 is 1.05 bits per heavy atom. The molecule has 2 aromatic rings. The third-order valence-electron chi connectivity index (χ3n) is 3.07. The van der Waals surface area contributed by atoms with E-state index in [1.807, 2.05) is 51.4 Å². The number of hydrogen-bond donors (Lipinski definition) is 1. The van der Waals surface area contributed by atoms with Gasteiger partial charge in [0.1, 0.15) is 0 Å². The molecule has 0 saturated carbocycles. The van der Waals surface area contributed by atoms with Crippen molar-refractivity contribution in [3.05, 3.63) is 42.2 Å². The summed E-state index contributed by atoms with van der Waals surface area (Å²) in [5.41, 5.74) is 2.26. The zero-order valence-electron chi connectivity index (χ0n) is 12.3. The maximum Gasteiger partial charge on any atom is 0.163 e. The first kappa shape index (κ1) is 14.3. The maximum atomic E-state index is 5.62. The van der Waals surface area contributed by atoms with Crippen molar-refractivity contribution in [2.45, 2.75) is 20.4 Å². The zero-order chi connectivity index (χ0) is 14.4. The molecular formula is C16H22N2O2. The summed E-state index contributed by atoms with van der Waals surface area (Å²) in [6.07, 6.45) is 2.04. The first-order valence-electron chi connectivity index (χ1n) is 6.98. The highest BCUT2D eigenvalue weighted by Crippen LogP contribution is 2.30. The van der Waals surface area contributed by atoms with E-state index in [9.17, 15) is 0 Å². The molecule has 0 amide bonds. The SMILES string of the molecule is CCOc1ccc(NCc2cccn2C)cc1OCC. The van der Waals surface area contributed by atoms with Gasteiger partial charge in [-0.1, -0.05) is 0 Å². The zero-order valence-corrected chi connectivity index (χ0v) is 12.3. The average Bonchev–Trinajstić information content (AvgIpc) is 2.85. The molecule has 0 aliphatic rings. The van der Waals surface area contributed by atoms with Crippen LogP contribution in [-0.4, -0.2) is 17.8 Å². The van der Waals surface area contributed by atoms with Crippen LogP contribution in [0.5, 0.6) is 11.5 Å². The van der Waals surface area contributed by atoms with Gasteiger partial charge in [-0.3, -0.25) is 0 Å². The van der Waals surface area contributed by atoms with Gasteiger partial charge in [-0.25, -0.2) is 0 Å². The van der Waals surface area contributed by atoms with E-state index in [1.165, 1.54) is 5.69 Å². The standard InChI is InChI=1S/C16H22N2O2/c1-4-19-15-9-8-13(11-16(15)20-5-2)17-12-14-7-6-10-18(14)3/h6-11,17H,4-5,12H2,1-3H3. The van der Waals surface area contributed by atoms with Crippen molar-refractivity contribution in [3.8, 4) is 11.5 Å². The lowest BCUT2D eigenvalue weighted by Crippen LogP contribution is -2.05. The largest absolute Gasteiger partial charge is 0.490 e. The Bertz CT molecular complexity index is 549. The summed E-state index contributed by atoms with van der Waals surface area (Å²) in [6, 6.07) is 10.1. The number of aromatic nitrogens is 1. The number of nitrogens with zero attached hydrogens (tertiary/aromatic N) is 1. The van der Waals surface area contributed by atoms with Crippen LogP contribution < -0.4 is 14.8 Å². The highest BCUT2D eigenvalue weighted by atomic mass is 16.5. The molecule has 2 rings (SSSR count). The summed E-state index contributed by atoms with van der Waals surface area (Å²) in [5, 5.41) is 3.40. The Morgan fingerprint density at radius 2 is 1.80 bits per heavy atom. The average molecular weight is 274 g/mol.